The molecule has 9 nitrogen and oxygen atoms in total. The van der Waals surface area contributed by atoms with Gasteiger partial charge in [-0.2, -0.15) is 0 Å². The van der Waals surface area contributed by atoms with Gasteiger partial charge >= 0.3 is 11.9 Å². The van der Waals surface area contributed by atoms with Crippen molar-refractivity contribution < 1.29 is 28.7 Å². The number of aromatic nitrogens is 1. The monoisotopic (exact) mass is 587 g/mol. The SMILES string of the molecule is CCCCC(=O)N(C)C(CC(OC(C)=O)c1nc(C(=O)NC(Cc2ccccc2)CC(C)C(=O)OC)cs1)C(C)C. The van der Waals surface area contributed by atoms with E-state index in [2.05, 4.69) is 10.3 Å². The summed E-state index contributed by atoms with van der Waals surface area (Å²) < 4.78 is 10.5. The van der Waals surface area contributed by atoms with Gasteiger partial charge in [0.25, 0.3) is 5.91 Å². The number of ether oxygens (including phenoxy) is 2. The number of unbranched alkanes of at least 4 members (excludes halogenated alkanes) is 1. The lowest BCUT2D eigenvalue weighted by Gasteiger charge is -2.33. The first kappa shape index (κ1) is 33.9. The zero-order valence-electron chi connectivity index (χ0n) is 25.3. The molecule has 4 atom stereocenters. The number of carbonyl (C=O) groups is 4. The van der Waals surface area contributed by atoms with E-state index < -0.39 is 18.0 Å². The Morgan fingerprint density at radius 2 is 1.76 bits per heavy atom. The number of amides is 2. The van der Waals surface area contributed by atoms with Gasteiger partial charge in [-0.1, -0.05) is 64.4 Å². The van der Waals surface area contributed by atoms with Crippen molar-refractivity contribution in [2.24, 2.45) is 11.8 Å². The van der Waals surface area contributed by atoms with Crippen LogP contribution in [0.15, 0.2) is 35.7 Å². The highest BCUT2D eigenvalue weighted by Gasteiger charge is 2.31. The van der Waals surface area contributed by atoms with Crippen LogP contribution < -0.4 is 5.32 Å². The first-order chi connectivity index (χ1) is 19.5. The molecule has 0 saturated carbocycles. The molecule has 0 radical (unpaired) electrons. The summed E-state index contributed by atoms with van der Waals surface area (Å²) in [6.45, 7) is 9.22. The molecule has 1 aromatic carbocycles. The van der Waals surface area contributed by atoms with Gasteiger partial charge in [-0.05, 0) is 30.7 Å². The maximum absolute atomic E-state index is 13.3. The Hall–Kier alpha value is -3.27. The summed E-state index contributed by atoms with van der Waals surface area (Å²) in [5, 5.41) is 5.17. The summed E-state index contributed by atoms with van der Waals surface area (Å²) in [5.41, 5.74) is 1.24. The average molecular weight is 588 g/mol. The first-order valence-corrected chi connectivity index (χ1v) is 15.2. The summed E-state index contributed by atoms with van der Waals surface area (Å²) in [6.07, 6.45) is 2.81. The van der Waals surface area contributed by atoms with Crippen LogP contribution in [0.25, 0.3) is 0 Å². The molecule has 0 aliphatic heterocycles. The second kappa shape index (κ2) is 16.9. The fourth-order valence-electron chi connectivity index (χ4n) is 4.80. The van der Waals surface area contributed by atoms with Crippen LogP contribution in [0.1, 0.15) is 93.9 Å². The van der Waals surface area contributed by atoms with Gasteiger partial charge in [0, 0.05) is 44.3 Å². The molecule has 0 fully saturated rings. The van der Waals surface area contributed by atoms with Crippen LogP contribution in [-0.2, 0) is 30.3 Å². The summed E-state index contributed by atoms with van der Waals surface area (Å²) in [7, 11) is 3.14. The van der Waals surface area contributed by atoms with Crippen LogP contribution in [0.2, 0.25) is 0 Å². The maximum atomic E-state index is 13.3. The van der Waals surface area contributed by atoms with Gasteiger partial charge in [0.05, 0.1) is 13.0 Å². The van der Waals surface area contributed by atoms with Crippen molar-refractivity contribution in [1.29, 1.82) is 0 Å². The molecule has 0 saturated heterocycles. The number of carbonyl (C=O) groups excluding carboxylic acids is 4. The lowest BCUT2D eigenvalue weighted by atomic mass is 9.96. The standard InChI is InChI=1S/C31H45N3O6S/c1-8-9-15-28(36)34(6)26(20(2)3)18-27(40-22(5)35)30-33-25(19-41-30)29(37)32-24(16-21(4)31(38)39-7)17-23-13-11-10-12-14-23/h10-14,19-21,24,26-27H,8-9,15-18H2,1-7H3,(H,32,37). The van der Waals surface area contributed by atoms with Crippen molar-refractivity contribution >= 4 is 35.1 Å². The van der Waals surface area contributed by atoms with Gasteiger partial charge in [-0.15, -0.1) is 11.3 Å². The second-order valence-corrected chi connectivity index (χ2v) is 11.7. The first-order valence-electron chi connectivity index (χ1n) is 14.3. The molecule has 2 aromatic rings. The van der Waals surface area contributed by atoms with Crippen LogP contribution >= 0.6 is 11.3 Å². The van der Waals surface area contributed by atoms with E-state index in [0.717, 1.165) is 18.4 Å². The molecule has 2 amide bonds. The fraction of sp³-hybridized carbons (Fsp3) is 0.581. The fourth-order valence-corrected chi connectivity index (χ4v) is 5.64. The Morgan fingerprint density at radius 3 is 2.34 bits per heavy atom. The van der Waals surface area contributed by atoms with Crippen LogP contribution in [0.5, 0.6) is 0 Å². The predicted molar refractivity (Wildman–Crippen MR) is 159 cm³/mol. The van der Waals surface area contributed by atoms with Crippen LogP contribution in [0.3, 0.4) is 0 Å². The van der Waals surface area contributed by atoms with Crippen molar-refractivity contribution in [1.82, 2.24) is 15.2 Å². The topological polar surface area (TPSA) is 115 Å². The molecule has 10 heteroatoms. The lowest BCUT2D eigenvalue weighted by molar-refractivity contribution is -0.148. The molecule has 1 heterocycles. The van der Waals surface area contributed by atoms with Gasteiger partial charge < -0.3 is 19.7 Å². The van der Waals surface area contributed by atoms with E-state index in [-0.39, 0.29) is 41.5 Å². The van der Waals surface area contributed by atoms with Crippen molar-refractivity contribution in [3.63, 3.8) is 0 Å². The molecule has 0 aliphatic rings. The van der Waals surface area contributed by atoms with Gasteiger partial charge in [0.15, 0.2) is 6.10 Å². The third kappa shape index (κ3) is 10.9. The summed E-state index contributed by atoms with van der Waals surface area (Å²) in [6, 6.07) is 9.22. The molecule has 1 N–H and O–H groups in total. The largest absolute Gasteiger partial charge is 0.469 e. The Balaban J connectivity index is 2.24. The highest BCUT2D eigenvalue weighted by atomic mass is 32.1. The zero-order chi connectivity index (χ0) is 30.5. The van der Waals surface area contributed by atoms with Crippen molar-refractivity contribution in [2.45, 2.75) is 91.3 Å². The van der Waals surface area contributed by atoms with E-state index in [1.165, 1.54) is 25.4 Å². The molecule has 226 valence electrons. The van der Waals surface area contributed by atoms with Crippen LogP contribution in [-0.4, -0.2) is 59.9 Å². The zero-order valence-corrected chi connectivity index (χ0v) is 26.2. The number of nitrogens with zero attached hydrogens (tertiary/aromatic N) is 2. The minimum atomic E-state index is -0.702. The third-order valence-electron chi connectivity index (χ3n) is 7.10. The number of methoxy groups -OCH3 is 1. The summed E-state index contributed by atoms with van der Waals surface area (Å²) in [4.78, 5) is 56.5. The number of hydrogen-bond acceptors (Lipinski definition) is 8. The molecule has 2 rings (SSSR count). The minimum absolute atomic E-state index is 0.0528. The number of thiazole rings is 1. The normalized spacial score (nSPS) is 14.0. The third-order valence-corrected chi connectivity index (χ3v) is 8.04. The van der Waals surface area contributed by atoms with E-state index in [1.54, 1.807) is 24.3 Å². The Morgan fingerprint density at radius 1 is 1.07 bits per heavy atom. The van der Waals surface area contributed by atoms with Crippen LogP contribution in [0.4, 0.5) is 0 Å². The van der Waals surface area contributed by atoms with Crippen LogP contribution in [0, 0.1) is 11.8 Å². The van der Waals surface area contributed by atoms with Gasteiger partial charge in [0.1, 0.15) is 10.7 Å². The molecule has 0 spiro atoms. The van der Waals surface area contributed by atoms with Gasteiger partial charge in [-0.3, -0.25) is 19.2 Å². The van der Waals surface area contributed by atoms with Crippen molar-refractivity contribution in [3.05, 3.63) is 52.0 Å². The quantitative estimate of drug-likeness (QED) is 0.263. The molecule has 1 aromatic heterocycles. The molecular weight excluding hydrogens is 542 g/mol. The van der Waals surface area contributed by atoms with Crippen molar-refractivity contribution in [3.8, 4) is 0 Å². The highest BCUT2D eigenvalue weighted by molar-refractivity contribution is 7.09. The van der Waals surface area contributed by atoms with E-state index in [9.17, 15) is 19.2 Å². The number of esters is 2. The smallest absolute Gasteiger partial charge is 0.308 e. The minimum Gasteiger partial charge on any atom is -0.469 e. The Kier molecular flexibility index (Phi) is 14.0. The van der Waals surface area contributed by atoms with E-state index in [0.29, 0.717) is 30.7 Å². The average Bonchev–Trinajstić information content (AvgIpc) is 3.43. The van der Waals surface area contributed by atoms with Gasteiger partial charge in [0.2, 0.25) is 5.91 Å². The number of nitrogens with one attached hydrogen (secondary N) is 1. The van der Waals surface area contributed by atoms with Crippen molar-refractivity contribution in [2.75, 3.05) is 14.2 Å². The number of rotatable bonds is 16. The summed E-state index contributed by atoms with van der Waals surface area (Å²) >= 11 is 1.24. The van der Waals surface area contributed by atoms with E-state index in [1.807, 2.05) is 51.1 Å². The molecule has 4 unspecified atom stereocenters. The highest BCUT2D eigenvalue weighted by Crippen LogP contribution is 2.30. The molecule has 0 aliphatic carbocycles. The van der Waals surface area contributed by atoms with E-state index >= 15 is 0 Å². The lowest BCUT2D eigenvalue weighted by Crippen LogP contribution is -2.41. The van der Waals surface area contributed by atoms with E-state index in [4.69, 9.17) is 9.47 Å². The Bertz CT molecular complexity index is 1140. The molecule has 41 heavy (non-hydrogen) atoms. The second-order valence-electron chi connectivity index (χ2n) is 10.8. The molecular formula is C31H45N3O6S. The van der Waals surface area contributed by atoms with Gasteiger partial charge in [-0.25, -0.2) is 4.98 Å². The number of benzene rings is 1. The molecule has 0 bridgehead atoms. The Labute approximate surface area is 248 Å². The summed E-state index contributed by atoms with van der Waals surface area (Å²) in [5.74, 6) is -1.41. The number of hydrogen-bond donors (Lipinski definition) is 1. The maximum Gasteiger partial charge on any atom is 0.308 e. The predicted octanol–water partition coefficient (Wildman–Crippen LogP) is 5.35.